The van der Waals surface area contributed by atoms with Crippen molar-refractivity contribution in [3.05, 3.63) is 66.5 Å². The fourth-order valence-corrected chi connectivity index (χ4v) is 4.79. The molecular formula is C28H27FN2O6. The molecular weight excluding hydrogens is 479 g/mol. The van der Waals surface area contributed by atoms with Crippen molar-refractivity contribution in [3.8, 4) is 34.0 Å². The smallest absolute Gasteiger partial charge is 0.193 e. The number of hydrogen-bond acceptors (Lipinski definition) is 7. The van der Waals surface area contributed by atoms with Crippen molar-refractivity contribution in [1.29, 1.82) is 0 Å². The fourth-order valence-electron chi connectivity index (χ4n) is 4.79. The van der Waals surface area contributed by atoms with Crippen LogP contribution in [0.15, 0.2) is 60.7 Å². The summed E-state index contributed by atoms with van der Waals surface area (Å²) in [4.78, 5) is 7.62. The summed E-state index contributed by atoms with van der Waals surface area (Å²) in [5.41, 5.74) is 4.08. The lowest BCUT2D eigenvalue weighted by molar-refractivity contribution is 0.00794. The highest BCUT2D eigenvalue weighted by molar-refractivity contribution is 5.81. The van der Waals surface area contributed by atoms with Crippen LogP contribution in [-0.2, 0) is 14.2 Å². The highest BCUT2D eigenvalue weighted by Crippen LogP contribution is 2.32. The van der Waals surface area contributed by atoms with Crippen molar-refractivity contribution in [2.75, 3.05) is 33.5 Å². The van der Waals surface area contributed by atoms with Crippen LogP contribution >= 0.6 is 0 Å². The number of aliphatic hydroxyl groups excluding tert-OH is 1. The first-order chi connectivity index (χ1) is 18.1. The molecule has 192 valence electrons. The Morgan fingerprint density at radius 2 is 1.65 bits per heavy atom. The number of ether oxygens (including phenoxy) is 5. The van der Waals surface area contributed by atoms with Crippen LogP contribution in [0.5, 0.6) is 11.6 Å². The largest absolute Gasteiger partial charge is 0.491 e. The Balaban J connectivity index is 1.18. The van der Waals surface area contributed by atoms with E-state index in [1.807, 2.05) is 48.5 Å². The molecule has 37 heavy (non-hydrogen) atoms. The lowest BCUT2D eigenvalue weighted by Gasteiger charge is -2.16. The zero-order chi connectivity index (χ0) is 25.4. The van der Waals surface area contributed by atoms with Gasteiger partial charge < -0.3 is 33.8 Å². The standard InChI is InChI=1S/C28H27FN2O6/c1-33-10-11-34-19-8-6-17(7-9-19)16-2-4-18(5-3-16)26-20(29)12-21-22(31-26)13-25(30-21)37-24-15-36-27-23(32)14-35-28(24)27/h2-9,12-13,23-24,27-28,30,32H,10-11,14-15H2,1H3/t23-,24-,27-,28-/m1/s1. The Kier molecular flexibility index (Phi) is 6.52. The minimum absolute atomic E-state index is 0.228. The average Bonchev–Trinajstić information content (AvgIpc) is 3.61. The number of nitrogens with one attached hydrogen (secondary N) is 1. The second-order valence-electron chi connectivity index (χ2n) is 9.15. The number of aliphatic hydroxyl groups is 1. The highest BCUT2D eigenvalue weighted by Gasteiger charge is 2.48. The van der Waals surface area contributed by atoms with Gasteiger partial charge in [0.2, 0.25) is 0 Å². The lowest BCUT2D eigenvalue weighted by atomic mass is 10.0. The first-order valence-electron chi connectivity index (χ1n) is 12.2. The van der Waals surface area contributed by atoms with Crippen molar-refractivity contribution in [3.63, 3.8) is 0 Å². The van der Waals surface area contributed by atoms with Gasteiger partial charge in [0.15, 0.2) is 17.8 Å². The number of nitrogens with zero attached hydrogens (tertiary/aromatic N) is 1. The van der Waals surface area contributed by atoms with Crippen LogP contribution in [0.3, 0.4) is 0 Å². The second-order valence-corrected chi connectivity index (χ2v) is 9.15. The molecule has 0 bridgehead atoms. The third-order valence-corrected chi connectivity index (χ3v) is 6.69. The molecule has 8 nitrogen and oxygen atoms in total. The Bertz CT molecular complexity index is 1370. The third-order valence-electron chi connectivity index (χ3n) is 6.69. The van der Waals surface area contributed by atoms with Gasteiger partial charge in [0, 0.05) is 24.8 Å². The van der Waals surface area contributed by atoms with E-state index >= 15 is 4.39 Å². The molecule has 2 N–H and O–H groups in total. The van der Waals surface area contributed by atoms with Crippen LogP contribution in [0.1, 0.15) is 0 Å². The topological polar surface area (TPSA) is 95.1 Å². The second kappa shape index (κ2) is 10.1. The number of fused-ring (bicyclic) bond motifs is 2. The van der Waals surface area contributed by atoms with Crippen LogP contribution < -0.4 is 9.47 Å². The van der Waals surface area contributed by atoms with Gasteiger partial charge in [0.05, 0.1) is 30.9 Å². The van der Waals surface area contributed by atoms with Crippen molar-refractivity contribution >= 4 is 11.0 Å². The first kappa shape index (κ1) is 23.9. The van der Waals surface area contributed by atoms with Crippen LogP contribution in [0.4, 0.5) is 4.39 Å². The molecule has 9 heteroatoms. The lowest BCUT2D eigenvalue weighted by Crippen LogP contribution is -2.34. The molecule has 0 amide bonds. The number of aromatic amines is 1. The predicted octanol–water partition coefficient (Wildman–Crippen LogP) is 3.97. The van der Waals surface area contributed by atoms with Gasteiger partial charge >= 0.3 is 0 Å². The molecule has 2 aliphatic rings. The van der Waals surface area contributed by atoms with E-state index in [9.17, 15) is 5.11 Å². The molecule has 2 saturated heterocycles. The summed E-state index contributed by atoms with van der Waals surface area (Å²) in [5.74, 6) is 0.793. The summed E-state index contributed by atoms with van der Waals surface area (Å²) in [6.07, 6.45) is -1.73. The number of aromatic nitrogens is 2. The van der Waals surface area contributed by atoms with E-state index in [0.717, 1.165) is 16.9 Å². The first-order valence-corrected chi connectivity index (χ1v) is 12.2. The maximum atomic E-state index is 15.0. The Hall–Kier alpha value is -3.50. The summed E-state index contributed by atoms with van der Waals surface area (Å²) in [6.45, 7) is 1.57. The van der Waals surface area contributed by atoms with Crippen molar-refractivity contribution in [2.24, 2.45) is 0 Å². The Morgan fingerprint density at radius 1 is 0.946 bits per heavy atom. The number of halogens is 1. The Morgan fingerprint density at radius 3 is 2.41 bits per heavy atom. The fraction of sp³-hybridized carbons (Fsp3) is 0.321. The molecule has 0 radical (unpaired) electrons. The van der Waals surface area contributed by atoms with Gasteiger partial charge in [0.25, 0.3) is 0 Å². The van der Waals surface area contributed by atoms with E-state index in [0.29, 0.717) is 42.3 Å². The molecule has 2 aliphatic heterocycles. The van der Waals surface area contributed by atoms with Crippen LogP contribution in [0, 0.1) is 5.82 Å². The predicted molar refractivity (Wildman–Crippen MR) is 134 cm³/mol. The molecule has 4 heterocycles. The van der Waals surface area contributed by atoms with E-state index in [1.165, 1.54) is 6.07 Å². The van der Waals surface area contributed by atoms with Crippen LogP contribution in [0.25, 0.3) is 33.4 Å². The molecule has 6 rings (SSSR count). The molecule has 0 unspecified atom stereocenters. The monoisotopic (exact) mass is 506 g/mol. The van der Waals surface area contributed by atoms with E-state index in [4.69, 9.17) is 23.7 Å². The van der Waals surface area contributed by atoms with Crippen LogP contribution in [0.2, 0.25) is 0 Å². The molecule has 4 atom stereocenters. The van der Waals surface area contributed by atoms with Gasteiger partial charge in [-0.1, -0.05) is 36.4 Å². The van der Waals surface area contributed by atoms with Crippen LogP contribution in [-0.4, -0.2) is 73.0 Å². The molecule has 0 spiro atoms. The van der Waals surface area contributed by atoms with Gasteiger partial charge in [-0.3, -0.25) is 0 Å². The van der Waals surface area contributed by atoms with Crippen molar-refractivity contribution in [1.82, 2.24) is 9.97 Å². The van der Waals surface area contributed by atoms with Gasteiger partial charge in [-0.05, 0) is 23.3 Å². The molecule has 2 fully saturated rings. The number of methoxy groups -OCH3 is 1. The van der Waals surface area contributed by atoms with Gasteiger partial charge in [-0.25, -0.2) is 9.37 Å². The maximum Gasteiger partial charge on any atom is 0.193 e. The number of pyridine rings is 1. The number of hydrogen-bond donors (Lipinski definition) is 2. The average molecular weight is 507 g/mol. The number of benzene rings is 2. The van der Waals surface area contributed by atoms with E-state index in [2.05, 4.69) is 9.97 Å². The zero-order valence-electron chi connectivity index (χ0n) is 20.2. The maximum absolute atomic E-state index is 15.0. The third kappa shape index (κ3) is 4.78. The van der Waals surface area contributed by atoms with Crippen molar-refractivity contribution in [2.45, 2.75) is 24.4 Å². The highest BCUT2D eigenvalue weighted by atomic mass is 19.1. The summed E-state index contributed by atoms with van der Waals surface area (Å²) < 4.78 is 42.9. The van der Waals surface area contributed by atoms with E-state index < -0.39 is 11.9 Å². The molecule has 2 aromatic carbocycles. The van der Waals surface area contributed by atoms with Gasteiger partial charge in [-0.2, -0.15) is 0 Å². The van der Waals surface area contributed by atoms with Gasteiger partial charge in [-0.15, -0.1) is 0 Å². The summed E-state index contributed by atoms with van der Waals surface area (Å²) >= 11 is 0. The number of H-pyrrole nitrogens is 1. The van der Waals surface area contributed by atoms with E-state index in [-0.39, 0.29) is 30.6 Å². The molecule has 0 aliphatic carbocycles. The summed E-state index contributed by atoms with van der Waals surface area (Å²) in [5, 5.41) is 9.92. The molecule has 0 saturated carbocycles. The SMILES string of the molecule is COCCOc1ccc(-c2ccc(-c3nc4cc(O[C@@H]5CO[C@H]6[C@@H]5OC[C@H]6O)[nH]c4cc3F)cc2)cc1. The minimum Gasteiger partial charge on any atom is -0.491 e. The quantitative estimate of drug-likeness (QED) is 0.349. The van der Waals surface area contributed by atoms with E-state index in [1.54, 1.807) is 13.2 Å². The number of rotatable bonds is 8. The van der Waals surface area contributed by atoms with Gasteiger partial charge in [0.1, 0.15) is 36.4 Å². The Labute approximate surface area is 212 Å². The van der Waals surface area contributed by atoms with Crippen molar-refractivity contribution < 1.29 is 33.2 Å². The normalized spacial score (nSPS) is 22.9. The molecule has 2 aromatic heterocycles. The minimum atomic E-state index is -0.648. The molecule has 4 aromatic rings. The summed E-state index contributed by atoms with van der Waals surface area (Å²) in [6, 6.07) is 18.6. The zero-order valence-corrected chi connectivity index (χ0v) is 20.2. The summed E-state index contributed by atoms with van der Waals surface area (Å²) in [7, 11) is 1.64.